The zero-order valence-electron chi connectivity index (χ0n) is 8.97. The lowest BCUT2D eigenvalue weighted by Crippen LogP contribution is -2.02. The Morgan fingerprint density at radius 2 is 2.12 bits per heavy atom. The fraction of sp³-hybridized carbons (Fsp3) is 0.200. The molecule has 0 aliphatic heterocycles. The van der Waals surface area contributed by atoms with Crippen molar-refractivity contribution in [2.45, 2.75) is 6.92 Å². The second-order valence-corrected chi connectivity index (χ2v) is 3.50. The average molecular weight is 214 g/mol. The summed E-state index contributed by atoms with van der Waals surface area (Å²) in [7, 11) is 1.84. The highest BCUT2D eigenvalue weighted by atomic mass is 15.4. The molecule has 1 N–H and O–H groups in total. The first kappa shape index (κ1) is 9.02. The Bertz CT molecular complexity index is 671. The van der Waals surface area contributed by atoms with Gasteiger partial charge in [0.15, 0.2) is 17.3 Å². The van der Waals surface area contributed by atoms with Crippen molar-refractivity contribution in [1.82, 2.24) is 24.8 Å². The van der Waals surface area contributed by atoms with Gasteiger partial charge >= 0.3 is 0 Å². The van der Waals surface area contributed by atoms with E-state index in [0.29, 0.717) is 0 Å². The Hall–Kier alpha value is -2.24. The number of aryl methyl sites for hydroxylation is 1. The molecule has 0 amide bonds. The summed E-state index contributed by atoms with van der Waals surface area (Å²) in [5.74, 6) is 1.56. The van der Waals surface area contributed by atoms with Crippen LogP contribution in [0.3, 0.4) is 0 Å². The van der Waals surface area contributed by atoms with E-state index in [0.717, 1.165) is 28.1 Å². The van der Waals surface area contributed by atoms with E-state index in [9.17, 15) is 0 Å². The molecule has 6 heteroatoms. The number of anilines is 1. The average Bonchev–Trinajstić information content (AvgIpc) is 2.70. The van der Waals surface area contributed by atoms with E-state index < -0.39 is 0 Å². The van der Waals surface area contributed by atoms with Gasteiger partial charge in [-0.15, -0.1) is 15.3 Å². The quantitative estimate of drug-likeness (QED) is 0.655. The van der Waals surface area contributed by atoms with Crippen LogP contribution >= 0.6 is 0 Å². The highest BCUT2D eigenvalue weighted by molar-refractivity contribution is 5.99. The molecule has 3 aromatic heterocycles. The van der Waals surface area contributed by atoms with Crippen LogP contribution in [0.25, 0.3) is 16.4 Å². The molecule has 80 valence electrons. The maximum absolute atomic E-state index is 4.43. The van der Waals surface area contributed by atoms with E-state index in [1.165, 1.54) is 0 Å². The summed E-state index contributed by atoms with van der Waals surface area (Å²) >= 11 is 0. The van der Waals surface area contributed by atoms with Crippen molar-refractivity contribution in [3.05, 3.63) is 24.3 Å². The van der Waals surface area contributed by atoms with Gasteiger partial charge in [-0.2, -0.15) is 4.52 Å². The molecule has 3 rings (SSSR count). The van der Waals surface area contributed by atoms with Crippen molar-refractivity contribution in [3.63, 3.8) is 0 Å². The van der Waals surface area contributed by atoms with Crippen molar-refractivity contribution in [2.24, 2.45) is 0 Å². The van der Waals surface area contributed by atoms with Crippen LogP contribution in [-0.2, 0) is 0 Å². The Morgan fingerprint density at radius 3 is 2.94 bits per heavy atom. The van der Waals surface area contributed by atoms with Crippen LogP contribution in [0.2, 0.25) is 0 Å². The lowest BCUT2D eigenvalue weighted by molar-refractivity contribution is 0.884. The number of nitrogens with zero attached hydrogens (tertiary/aromatic N) is 5. The first-order valence-electron chi connectivity index (χ1n) is 4.95. The molecule has 0 aliphatic carbocycles. The first-order valence-corrected chi connectivity index (χ1v) is 4.95. The number of fused-ring (bicyclic) bond motifs is 3. The minimum atomic E-state index is 0.736. The minimum Gasteiger partial charge on any atom is -0.371 e. The van der Waals surface area contributed by atoms with Gasteiger partial charge in [-0.1, -0.05) is 0 Å². The monoisotopic (exact) mass is 214 g/mol. The highest BCUT2D eigenvalue weighted by Gasteiger charge is 2.10. The molecule has 0 fully saturated rings. The predicted octanol–water partition coefficient (Wildman–Crippen LogP) is 1.02. The molecule has 0 saturated heterocycles. The molecule has 0 unspecified atom stereocenters. The summed E-state index contributed by atoms with van der Waals surface area (Å²) in [6.45, 7) is 1.87. The van der Waals surface area contributed by atoms with Gasteiger partial charge < -0.3 is 5.32 Å². The zero-order valence-corrected chi connectivity index (χ0v) is 8.97. The van der Waals surface area contributed by atoms with Gasteiger partial charge in [0.2, 0.25) is 0 Å². The molecule has 0 saturated carbocycles. The van der Waals surface area contributed by atoms with Crippen LogP contribution in [0.5, 0.6) is 0 Å². The SMILES string of the molecule is CNc1nn2c(C)nnc2c2cnccc12. The molecule has 3 aromatic rings. The van der Waals surface area contributed by atoms with Crippen LogP contribution in [0, 0.1) is 6.92 Å². The third-order valence-corrected chi connectivity index (χ3v) is 2.55. The van der Waals surface area contributed by atoms with Gasteiger partial charge in [-0.25, -0.2) is 0 Å². The van der Waals surface area contributed by atoms with Crippen molar-refractivity contribution in [2.75, 3.05) is 12.4 Å². The minimum absolute atomic E-state index is 0.736. The molecule has 0 atom stereocenters. The van der Waals surface area contributed by atoms with E-state index in [1.807, 2.05) is 20.0 Å². The summed E-state index contributed by atoms with van der Waals surface area (Å²) in [4.78, 5) is 4.11. The molecular formula is C10H10N6. The fourth-order valence-corrected chi connectivity index (χ4v) is 1.76. The van der Waals surface area contributed by atoms with E-state index in [2.05, 4.69) is 25.6 Å². The summed E-state index contributed by atoms with van der Waals surface area (Å²) in [6.07, 6.45) is 3.52. The van der Waals surface area contributed by atoms with Gasteiger partial charge in [0.25, 0.3) is 0 Å². The largest absolute Gasteiger partial charge is 0.371 e. The Labute approximate surface area is 91.3 Å². The summed E-state index contributed by atoms with van der Waals surface area (Å²) < 4.78 is 1.72. The van der Waals surface area contributed by atoms with Gasteiger partial charge in [0.1, 0.15) is 0 Å². The van der Waals surface area contributed by atoms with Crippen molar-refractivity contribution in [3.8, 4) is 0 Å². The lowest BCUT2D eigenvalue weighted by Gasteiger charge is -2.05. The molecule has 0 aromatic carbocycles. The lowest BCUT2D eigenvalue weighted by atomic mass is 10.2. The Kier molecular flexibility index (Phi) is 1.76. The number of pyridine rings is 1. The maximum Gasteiger partial charge on any atom is 0.187 e. The molecule has 0 spiro atoms. The van der Waals surface area contributed by atoms with Crippen molar-refractivity contribution in [1.29, 1.82) is 0 Å². The van der Waals surface area contributed by atoms with Crippen LogP contribution in [-0.4, -0.2) is 31.8 Å². The predicted molar refractivity (Wildman–Crippen MR) is 60.4 cm³/mol. The number of aromatic nitrogens is 5. The third-order valence-electron chi connectivity index (χ3n) is 2.55. The highest BCUT2D eigenvalue weighted by Crippen LogP contribution is 2.23. The van der Waals surface area contributed by atoms with E-state index in [-0.39, 0.29) is 0 Å². The van der Waals surface area contributed by atoms with Gasteiger partial charge in [-0.3, -0.25) is 4.98 Å². The Balaban J connectivity index is 2.58. The third kappa shape index (κ3) is 1.06. The number of nitrogens with one attached hydrogen (secondary N) is 1. The summed E-state index contributed by atoms with van der Waals surface area (Å²) in [6, 6.07) is 1.91. The molecule has 0 bridgehead atoms. The van der Waals surface area contributed by atoms with Gasteiger partial charge in [0, 0.05) is 24.8 Å². The molecule has 0 radical (unpaired) electrons. The smallest absolute Gasteiger partial charge is 0.187 e. The molecule has 3 heterocycles. The van der Waals surface area contributed by atoms with Crippen LogP contribution in [0.15, 0.2) is 18.5 Å². The Morgan fingerprint density at radius 1 is 1.25 bits per heavy atom. The second kappa shape index (κ2) is 3.13. The summed E-state index contributed by atoms with van der Waals surface area (Å²) in [5, 5.41) is 17.6. The standard InChI is InChI=1S/C10H10N6/c1-6-13-14-10-8-5-12-4-3-7(8)9(11-2)15-16(6)10/h3-5H,1-2H3,(H,11,15). The van der Waals surface area contributed by atoms with E-state index >= 15 is 0 Å². The van der Waals surface area contributed by atoms with Gasteiger partial charge in [-0.05, 0) is 13.0 Å². The fourth-order valence-electron chi connectivity index (χ4n) is 1.76. The number of rotatable bonds is 1. The van der Waals surface area contributed by atoms with Crippen molar-refractivity contribution < 1.29 is 0 Å². The van der Waals surface area contributed by atoms with Gasteiger partial charge in [0.05, 0.1) is 5.39 Å². The van der Waals surface area contributed by atoms with Crippen LogP contribution in [0.1, 0.15) is 5.82 Å². The van der Waals surface area contributed by atoms with E-state index in [1.54, 1.807) is 16.9 Å². The summed E-state index contributed by atoms with van der Waals surface area (Å²) in [5.41, 5.74) is 0.736. The number of hydrogen-bond acceptors (Lipinski definition) is 5. The maximum atomic E-state index is 4.43. The molecule has 6 nitrogen and oxygen atoms in total. The molecule has 0 aliphatic rings. The van der Waals surface area contributed by atoms with Crippen LogP contribution in [0.4, 0.5) is 5.82 Å². The first-order chi connectivity index (χ1) is 7.81. The normalized spacial score (nSPS) is 11.1. The molecule has 16 heavy (non-hydrogen) atoms. The topological polar surface area (TPSA) is 68.0 Å². The van der Waals surface area contributed by atoms with Crippen LogP contribution < -0.4 is 5.32 Å². The van der Waals surface area contributed by atoms with E-state index in [4.69, 9.17) is 0 Å². The van der Waals surface area contributed by atoms with Crippen molar-refractivity contribution >= 4 is 22.2 Å². The second-order valence-electron chi connectivity index (χ2n) is 3.50. The molecular weight excluding hydrogens is 204 g/mol. The number of hydrogen-bond donors (Lipinski definition) is 1. The zero-order chi connectivity index (χ0) is 11.1.